The van der Waals surface area contributed by atoms with Crippen molar-refractivity contribution in [3.05, 3.63) is 65.5 Å². The lowest BCUT2D eigenvalue weighted by Crippen LogP contribution is -2.15. The normalized spacial score (nSPS) is 11.3. The quantitative estimate of drug-likeness (QED) is 0.339. The van der Waals surface area contributed by atoms with Crippen LogP contribution in [-0.4, -0.2) is 36.9 Å². The van der Waals surface area contributed by atoms with E-state index in [1.165, 1.54) is 58.8 Å². The molecular weight excluding hydrogens is 463 g/mol. The van der Waals surface area contributed by atoms with Crippen LogP contribution in [0.5, 0.6) is 23.0 Å². The number of rotatable bonds is 9. The Bertz CT molecular complexity index is 1300. The summed E-state index contributed by atoms with van der Waals surface area (Å²) in [7, 11) is 1.66. The molecule has 10 heteroatoms. The minimum absolute atomic E-state index is 0.0615. The number of sulfonamides is 1. The van der Waals surface area contributed by atoms with Crippen molar-refractivity contribution in [1.82, 2.24) is 0 Å². The number of methoxy groups -OCH3 is 4. The summed E-state index contributed by atoms with van der Waals surface area (Å²) < 4.78 is 64.1. The molecule has 0 aromatic heterocycles. The van der Waals surface area contributed by atoms with Crippen LogP contribution in [0.25, 0.3) is 12.2 Å². The Hall–Kier alpha value is -3.92. The fraction of sp³-hybridized carbons (Fsp3) is 0.167. The summed E-state index contributed by atoms with van der Waals surface area (Å²) in [6.45, 7) is 0. The average molecular weight is 489 g/mol. The van der Waals surface area contributed by atoms with E-state index in [4.69, 9.17) is 24.7 Å². The molecule has 34 heavy (non-hydrogen) atoms. The fourth-order valence-electron chi connectivity index (χ4n) is 3.27. The summed E-state index contributed by atoms with van der Waals surface area (Å²) in [4.78, 5) is -0.0710. The predicted octanol–water partition coefficient (Wildman–Crippen LogP) is 4.41. The van der Waals surface area contributed by atoms with Crippen molar-refractivity contribution in [2.45, 2.75) is 4.90 Å². The maximum Gasteiger partial charge on any atom is 0.262 e. The van der Waals surface area contributed by atoms with E-state index < -0.39 is 15.8 Å². The lowest BCUT2D eigenvalue weighted by molar-refractivity contribution is 0.324. The zero-order valence-corrected chi connectivity index (χ0v) is 19.9. The molecule has 3 rings (SSSR count). The van der Waals surface area contributed by atoms with E-state index in [0.29, 0.717) is 28.4 Å². The van der Waals surface area contributed by atoms with Crippen molar-refractivity contribution in [1.29, 1.82) is 0 Å². The molecule has 0 saturated heterocycles. The Morgan fingerprint density at radius 3 is 2.06 bits per heavy atom. The second kappa shape index (κ2) is 10.3. The van der Waals surface area contributed by atoms with Crippen LogP contribution in [0, 0.1) is 5.82 Å². The van der Waals surface area contributed by atoms with Crippen LogP contribution in [0.1, 0.15) is 11.1 Å². The highest BCUT2D eigenvalue weighted by Crippen LogP contribution is 2.39. The molecular formula is C24H25FN2O6S. The van der Waals surface area contributed by atoms with Gasteiger partial charge in [-0.15, -0.1) is 0 Å². The van der Waals surface area contributed by atoms with E-state index >= 15 is 0 Å². The van der Waals surface area contributed by atoms with E-state index in [1.807, 2.05) is 0 Å². The molecule has 0 amide bonds. The van der Waals surface area contributed by atoms with Gasteiger partial charge in [-0.1, -0.05) is 18.2 Å². The summed E-state index contributed by atoms with van der Waals surface area (Å²) in [6, 6.07) is 11.8. The number of nitrogens with one attached hydrogen (secondary N) is 1. The minimum Gasteiger partial charge on any atom is -0.493 e. The fourth-order valence-corrected chi connectivity index (χ4v) is 4.42. The first-order chi connectivity index (χ1) is 16.2. The number of benzene rings is 3. The number of hydrogen-bond donors (Lipinski definition) is 2. The van der Waals surface area contributed by atoms with E-state index in [9.17, 15) is 12.8 Å². The van der Waals surface area contributed by atoms with Crippen LogP contribution in [0.15, 0.2) is 53.4 Å². The lowest BCUT2D eigenvalue weighted by Gasteiger charge is -2.16. The Morgan fingerprint density at radius 2 is 1.50 bits per heavy atom. The standard InChI is InChI=1S/C24H25FN2O6S/c1-30-20-12-15(13-21(31-2)24(20)33-4)8-9-16-10-11-19(25)23(32-3)22(16)27-34(28,29)18-7-5-6-17(26)14-18/h5-14,27H,26H2,1-4H3/b9-8-. The minimum atomic E-state index is -4.09. The predicted molar refractivity (Wildman–Crippen MR) is 130 cm³/mol. The lowest BCUT2D eigenvalue weighted by atomic mass is 10.1. The summed E-state index contributed by atoms with van der Waals surface area (Å²) in [5.74, 6) is 0.347. The zero-order chi connectivity index (χ0) is 24.9. The average Bonchev–Trinajstić information content (AvgIpc) is 2.82. The first kappa shape index (κ1) is 24.7. The van der Waals surface area contributed by atoms with Gasteiger partial charge in [-0.2, -0.15) is 0 Å². The van der Waals surface area contributed by atoms with Crippen molar-refractivity contribution < 1.29 is 31.8 Å². The van der Waals surface area contributed by atoms with Crippen molar-refractivity contribution in [3.63, 3.8) is 0 Å². The molecule has 0 fully saturated rings. The van der Waals surface area contributed by atoms with Crippen LogP contribution in [0.4, 0.5) is 15.8 Å². The van der Waals surface area contributed by atoms with Crippen LogP contribution in [0.2, 0.25) is 0 Å². The monoisotopic (exact) mass is 488 g/mol. The summed E-state index contributed by atoms with van der Waals surface area (Å²) in [5, 5.41) is 0. The molecule has 0 saturated carbocycles. The molecule has 3 aromatic carbocycles. The second-order valence-electron chi connectivity index (χ2n) is 7.01. The zero-order valence-electron chi connectivity index (χ0n) is 19.1. The molecule has 8 nitrogen and oxygen atoms in total. The first-order valence-electron chi connectivity index (χ1n) is 9.97. The summed E-state index contributed by atoms with van der Waals surface area (Å²) in [6.07, 6.45) is 3.30. The molecule has 0 aliphatic rings. The Labute approximate surface area is 197 Å². The largest absolute Gasteiger partial charge is 0.493 e. The van der Waals surface area contributed by atoms with Gasteiger partial charge in [0.15, 0.2) is 23.1 Å². The molecule has 0 radical (unpaired) electrons. The number of anilines is 2. The molecule has 0 unspecified atom stereocenters. The third-order valence-corrected chi connectivity index (χ3v) is 6.24. The van der Waals surface area contributed by atoms with E-state index in [-0.39, 0.29) is 22.0 Å². The van der Waals surface area contributed by atoms with Crippen LogP contribution < -0.4 is 29.4 Å². The van der Waals surface area contributed by atoms with Gasteiger partial charge in [0.2, 0.25) is 5.75 Å². The maximum atomic E-state index is 14.5. The number of halogens is 1. The van der Waals surface area contributed by atoms with Gasteiger partial charge in [0, 0.05) is 11.3 Å². The molecule has 0 atom stereocenters. The number of ether oxygens (including phenoxy) is 4. The van der Waals surface area contributed by atoms with Crippen molar-refractivity contribution in [2.24, 2.45) is 0 Å². The van der Waals surface area contributed by atoms with Crippen LogP contribution >= 0.6 is 0 Å². The van der Waals surface area contributed by atoms with Gasteiger partial charge in [-0.25, -0.2) is 12.8 Å². The molecule has 3 N–H and O–H groups in total. The molecule has 0 heterocycles. The summed E-state index contributed by atoms with van der Waals surface area (Å²) in [5.41, 5.74) is 6.96. The highest BCUT2D eigenvalue weighted by Gasteiger charge is 2.21. The molecule has 0 aliphatic heterocycles. The Balaban J connectivity index is 2.08. The molecule has 0 aliphatic carbocycles. The van der Waals surface area contributed by atoms with Gasteiger partial charge < -0.3 is 24.7 Å². The molecule has 180 valence electrons. The highest BCUT2D eigenvalue weighted by molar-refractivity contribution is 7.92. The van der Waals surface area contributed by atoms with Crippen LogP contribution in [-0.2, 0) is 10.0 Å². The van der Waals surface area contributed by atoms with Gasteiger partial charge in [0.1, 0.15) is 5.69 Å². The highest BCUT2D eigenvalue weighted by atomic mass is 32.2. The SMILES string of the molecule is COc1cc(/C=C\c2ccc(F)c(OC)c2NS(=O)(=O)c2cccc(N)c2)cc(OC)c1OC. The Kier molecular flexibility index (Phi) is 7.52. The number of hydrogen-bond acceptors (Lipinski definition) is 7. The number of nitrogen functional groups attached to an aromatic ring is 1. The van der Waals surface area contributed by atoms with Gasteiger partial charge >= 0.3 is 0 Å². The maximum absolute atomic E-state index is 14.5. The second-order valence-corrected chi connectivity index (χ2v) is 8.70. The van der Waals surface area contributed by atoms with Gasteiger partial charge in [-0.05, 0) is 48.0 Å². The molecule has 3 aromatic rings. The van der Waals surface area contributed by atoms with Gasteiger partial charge in [0.05, 0.1) is 33.3 Å². The third-order valence-electron chi connectivity index (χ3n) is 4.89. The third kappa shape index (κ3) is 5.18. The van der Waals surface area contributed by atoms with Gasteiger partial charge in [-0.3, -0.25) is 4.72 Å². The van der Waals surface area contributed by atoms with E-state index in [0.717, 1.165) is 0 Å². The number of nitrogens with two attached hydrogens (primary N) is 1. The summed E-state index contributed by atoms with van der Waals surface area (Å²) >= 11 is 0. The van der Waals surface area contributed by atoms with Gasteiger partial charge in [0.25, 0.3) is 10.0 Å². The van der Waals surface area contributed by atoms with E-state index in [1.54, 1.807) is 30.4 Å². The van der Waals surface area contributed by atoms with Crippen molar-refractivity contribution in [3.8, 4) is 23.0 Å². The smallest absolute Gasteiger partial charge is 0.262 e. The first-order valence-corrected chi connectivity index (χ1v) is 11.4. The molecule has 0 spiro atoms. The topological polar surface area (TPSA) is 109 Å². The van der Waals surface area contributed by atoms with E-state index in [2.05, 4.69) is 4.72 Å². The van der Waals surface area contributed by atoms with Crippen LogP contribution in [0.3, 0.4) is 0 Å². The van der Waals surface area contributed by atoms with Crippen molar-refractivity contribution in [2.75, 3.05) is 38.9 Å². The Morgan fingerprint density at radius 1 is 0.853 bits per heavy atom. The van der Waals surface area contributed by atoms with Crippen molar-refractivity contribution >= 4 is 33.6 Å². The molecule has 0 bridgehead atoms.